The lowest BCUT2D eigenvalue weighted by atomic mass is 10.0. The van der Waals surface area contributed by atoms with Crippen molar-refractivity contribution < 1.29 is 18.0 Å². The Labute approximate surface area is 95.5 Å². The highest BCUT2D eigenvalue weighted by Crippen LogP contribution is 2.15. The van der Waals surface area contributed by atoms with Crippen LogP contribution in [-0.2, 0) is 0 Å². The summed E-state index contributed by atoms with van der Waals surface area (Å²) in [6.45, 7) is 0. The summed E-state index contributed by atoms with van der Waals surface area (Å²) in [6, 6.07) is 7.41. The second-order valence-corrected chi connectivity index (χ2v) is 3.46. The van der Waals surface area contributed by atoms with Crippen LogP contribution in [-0.4, -0.2) is 5.78 Å². The molecule has 17 heavy (non-hydrogen) atoms. The van der Waals surface area contributed by atoms with E-state index in [2.05, 4.69) is 0 Å². The largest absolute Gasteiger partial charge is 0.288 e. The molecule has 2 aromatic rings. The first-order valence-electron chi connectivity index (χ1n) is 4.83. The van der Waals surface area contributed by atoms with Crippen LogP contribution in [0.4, 0.5) is 13.2 Å². The smallest absolute Gasteiger partial charge is 0.195 e. The normalized spacial score (nSPS) is 10.3. The third kappa shape index (κ3) is 2.36. The van der Waals surface area contributed by atoms with Crippen molar-refractivity contribution >= 4 is 5.78 Å². The van der Waals surface area contributed by atoms with Crippen molar-refractivity contribution in [2.45, 2.75) is 0 Å². The highest BCUT2D eigenvalue weighted by Gasteiger charge is 2.14. The van der Waals surface area contributed by atoms with E-state index in [4.69, 9.17) is 0 Å². The lowest BCUT2D eigenvalue weighted by Crippen LogP contribution is -2.04. The van der Waals surface area contributed by atoms with E-state index in [1.807, 2.05) is 0 Å². The van der Waals surface area contributed by atoms with Crippen LogP contribution in [0.25, 0.3) is 0 Å². The summed E-state index contributed by atoms with van der Waals surface area (Å²) < 4.78 is 38.6. The molecular weight excluding hydrogens is 229 g/mol. The molecule has 0 spiro atoms. The van der Waals surface area contributed by atoms with Gasteiger partial charge in [-0.25, -0.2) is 13.2 Å². The molecule has 0 aliphatic rings. The van der Waals surface area contributed by atoms with Crippen LogP contribution >= 0.6 is 0 Å². The fourth-order valence-corrected chi connectivity index (χ4v) is 1.43. The highest BCUT2D eigenvalue weighted by atomic mass is 19.1. The average Bonchev–Trinajstić information content (AvgIpc) is 2.29. The third-order valence-electron chi connectivity index (χ3n) is 2.28. The molecule has 4 heteroatoms. The van der Waals surface area contributed by atoms with Crippen LogP contribution in [0.5, 0.6) is 0 Å². The Bertz CT molecular complexity index is 561. The van der Waals surface area contributed by atoms with Gasteiger partial charge in [0.25, 0.3) is 0 Å². The second-order valence-electron chi connectivity index (χ2n) is 3.46. The first kappa shape index (κ1) is 11.4. The van der Waals surface area contributed by atoms with Gasteiger partial charge in [0.1, 0.15) is 17.5 Å². The number of halogens is 3. The molecule has 0 heterocycles. The Morgan fingerprint density at radius 3 is 2.00 bits per heavy atom. The van der Waals surface area contributed by atoms with Gasteiger partial charge >= 0.3 is 0 Å². The Kier molecular flexibility index (Phi) is 2.95. The number of carbonyl (C=O) groups excluding carboxylic acids is 1. The van der Waals surface area contributed by atoms with E-state index in [-0.39, 0.29) is 11.1 Å². The van der Waals surface area contributed by atoms with Crippen molar-refractivity contribution in [2.24, 2.45) is 0 Å². The Morgan fingerprint density at radius 1 is 0.824 bits per heavy atom. The summed E-state index contributed by atoms with van der Waals surface area (Å²) in [7, 11) is 0. The fraction of sp³-hybridized carbons (Fsp3) is 0. The van der Waals surface area contributed by atoms with Crippen LogP contribution in [0.2, 0.25) is 0 Å². The first-order valence-corrected chi connectivity index (χ1v) is 4.83. The second kappa shape index (κ2) is 4.41. The Balaban J connectivity index is 2.40. The molecule has 0 saturated carbocycles. The number of benzene rings is 2. The molecule has 0 N–H and O–H groups in total. The zero-order valence-corrected chi connectivity index (χ0v) is 8.58. The summed E-state index contributed by atoms with van der Waals surface area (Å²) in [6.07, 6.45) is 0. The van der Waals surface area contributed by atoms with Crippen molar-refractivity contribution in [1.82, 2.24) is 0 Å². The van der Waals surface area contributed by atoms with Gasteiger partial charge < -0.3 is 0 Å². The molecule has 0 unspecified atom stereocenters. The van der Waals surface area contributed by atoms with Gasteiger partial charge in [-0.15, -0.1) is 0 Å². The van der Waals surface area contributed by atoms with E-state index in [9.17, 15) is 18.0 Å². The zero-order valence-electron chi connectivity index (χ0n) is 8.58. The maximum absolute atomic E-state index is 13.3. The number of hydrogen-bond acceptors (Lipinski definition) is 1. The lowest BCUT2D eigenvalue weighted by Gasteiger charge is -2.02. The van der Waals surface area contributed by atoms with Gasteiger partial charge in [0, 0.05) is 11.6 Å². The van der Waals surface area contributed by atoms with Crippen LogP contribution in [0, 0.1) is 17.5 Å². The minimum Gasteiger partial charge on any atom is -0.288 e. The molecule has 0 radical (unpaired) electrons. The van der Waals surface area contributed by atoms with Crippen LogP contribution in [0.3, 0.4) is 0 Å². The predicted molar refractivity (Wildman–Crippen MR) is 56.2 cm³/mol. The molecule has 0 atom stereocenters. The quantitative estimate of drug-likeness (QED) is 0.731. The first-order chi connectivity index (χ1) is 8.08. The molecule has 2 aromatic carbocycles. The van der Waals surface area contributed by atoms with E-state index < -0.39 is 23.2 Å². The van der Waals surface area contributed by atoms with Gasteiger partial charge in [-0.2, -0.15) is 0 Å². The van der Waals surface area contributed by atoms with E-state index >= 15 is 0 Å². The minimum atomic E-state index is -0.931. The molecule has 2 rings (SSSR count). The molecule has 0 aromatic heterocycles. The number of carbonyl (C=O) groups is 1. The Hall–Kier alpha value is -2.10. The SMILES string of the molecule is O=C(c1ccc(F)cc1)c1ccc(F)cc1F. The zero-order chi connectivity index (χ0) is 12.4. The van der Waals surface area contributed by atoms with Gasteiger partial charge in [0.15, 0.2) is 5.78 Å². The molecule has 0 fully saturated rings. The summed E-state index contributed by atoms with van der Waals surface area (Å²) in [4.78, 5) is 11.8. The average molecular weight is 236 g/mol. The van der Waals surface area contributed by atoms with Crippen LogP contribution in [0.15, 0.2) is 42.5 Å². The van der Waals surface area contributed by atoms with E-state index in [1.54, 1.807) is 0 Å². The van der Waals surface area contributed by atoms with Crippen molar-refractivity contribution in [3.63, 3.8) is 0 Å². The van der Waals surface area contributed by atoms with Gasteiger partial charge in [0.2, 0.25) is 0 Å². The number of ketones is 1. The predicted octanol–water partition coefficient (Wildman–Crippen LogP) is 3.33. The van der Waals surface area contributed by atoms with Gasteiger partial charge in [-0.1, -0.05) is 0 Å². The van der Waals surface area contributed by atoms with E-state index in [1.165, 1.54) is 12.1 Å². The lowest BCUT2D eigenvalue weighted by molar-refractivity contribution is 0.103. The molecule has 0 amide bonds. The molecular formula is C13H7F3O. The molecule has 86 valence electrons. The molecule has 0 bridgehead atoms. The van der Waals surface area contributed by atoms with E-state index in [0.29, 0.717) is 6.07 Å². The standard InChI is InChI=1S/C13H7F3O/c14-9-3-1-8(2-4-9)13(17)11-6-5-10(15)7-12(11)16/h1-7H. The van der Waals surface area contributed by atoms with Gasteiger partial charge in [-0.05, 0) is 36.4 Å². The monoisotopic (exact) mass is 236 g/mol. The fourth-order valence-electron chi connectivity index (χ4n) is 1.43. The van der Waals surface area contributed by atoms with Gasteiger partial charge in [0.05, 0.1) is 5.56 Å². The summed E-state index contributed by atoms with van der Waals surface area (Å²) in [5.74, 6) is -2.78. The van der Waals surface area contributed by atoms with Crippen molar-refractivity contribution in [3.05, 3.63) is 71.0 Å². The van der Waals surface area contributed by atoms with Gasteiger partial charge in [-0.3, -0.25) is 4.79 Å². The van der Waals surface area contributed by atoms with Crippen molar-refractivity contribution in [3.8, 4) is 0 Å². The molecule has 0 aliphatic carbocycles. The highest BCUT2D eigenvalue weighted by molar-refractivity contribution is 6.09. The van der Waals surface area contributed by atoms with Crippen LogP contribution in [0.1, 0.15) is 15.9 Å². The number of rotatable bonds is 2. The molecule has 0 aliphatic heterocycles. The maximum Gasteiger partial charge on any atom is 0.195 e. The van der Waals surface area contributed by atoms with Crippen LogP contribution < -0.4 is 0 Å². The molecule has 0 saturated heterocycles. The maximum atomic E-state index is 13.3. The minimum absolute atomic E-state index is 0.150. The summed E-state index contributed by atoms with van der Waals surface area (Å²) in [5.41, 5.74) is -0.0880. The molecule has 1 nitrogen and oxygen atoms in total. The summed E-state index contributed by atoms with van der Waals surface area (Å²) in [5, 5.41) is 0. The Morgan fingerprint density at radius 2 is 1.41 bits per heavy atom. The van der Waals surface area contributed by atoms with Crippen molar-refractivity contribution in [1.29, 1.82) is 0 Å². The topological polar surface area (TPSA) is 17.1 Å². The number of hydrogen-bond donors (Lipinski definition) is 0. The summed E-state index contributed by atoms with van der Waals surface area (Å²) >= 11 is 0. The van der Waals surface area contributed by atoms with Crippen molar-refractivity contribution in [2.75, 3.05) is 0 Å². The van der Waals surface area contributed by atoms with E-state index in [0.717, 1.165) is 24.3 Å². The third-order valence-corrected chi connectivity index (χ3v) is 2.28.